The Morgan fingerprint density at radius 3 is 2.45 bits per heavy atom. The van der Waals surface area contributed by atoms with Gasteiger partial charge in [-0.15, -0.1) is 11.3 Å². The van der Waals surface area contributed by atoms with E-state index in [2.05, 4.69) is 10.6 Å². The second-order valence-electron chi connectivity index (χ2n) is 7.90. The predicted molar refractivity (Wildman–Crippen MR) is 113 cm³/mol. The normalized spacial score (nSPS) is 22.0. The van der Waals surface area contributed by atoms with Gasteiger partial charge in [0.15, 0.2) is 0 Å². The molecule has 1 atom stereocenters. The molecule has 2 aliphatic rings. The summed E-state index contributed by atoms with van der Waals surface area (Å²) in [6, 6.07) is 3.30. The minimum absolute atomic E-state index is 0.0838. The molecule has 0 aromatic carbocycles. The van der Waals surface area contributed by atoms with E-state index < -0.39 is 21.8 Å². The van der Waals surface area contributed by atoms with Crippen molar-refractivity contribution < 1.29 is 18.0 Å². The van der Waals surface area contributed by atoms with Gasteiger partial charge in [0.2, 0.25) is 0 Å². The van der Waals surface area contributed by atoms with Gasteiger partial charge in [-0.25, -0.2) is 8.42 Å². The lowest BCUT2D eigenvalue weighted by atomic mass is 10.0. The molecule has 2 N–H and O–H groups in total. The van der Waals surface area contributed by atoms with Crippen molar-refractivity contribution in [1.82, 2.24) is 14.9 Å². The third kappa shape index (κ3) is 6.02. The van der Waals surface area contributed by atoms with Crippen LogP contribution in [0.3, 0.4) is 0 Å². The fourth-order valence-electron chi connectivity index (χ4n) is 4.21. The molecule has 1 saturated carbocycles. The number of hydrogen-bond donors (Lipinski definition) is 2. The van der Waals surface area contributed by atoms with Crippen molar-refractivity contribution in [2.75, 3.05) is 13.1 Å². The molecule has 1 aliphatic heterocycles. The van der Waals surface area contributed by atoms with Gasteiger partial charge in [0, 0.05) is 25.2 Å². The first kappa shape index (κ1) is 22.2. The Balaban J connectivity index is 1.49. The van der Waals surface area contributed by atoms with Crippen molar-refractivity contribution in [1.29, 1.82) is 0 Å². The van der Waals surface area contributed by atoms with E-state index in [9.17, 15) is 18.0 Å². The van der Waals surface area contributed by atoms with E-state index in [0.717, 1.165) is 44.9 Å². The minimum Gasteiger partial charge on any atom is -0.348 e. The van der Waals surface area contributed by atoms with E-state index in [0.29, 0.717) is 17.2 Å². The van der Waals surface area contributed by atoms with Crippen molar-refractivity contribution >= 4 is 33.2 Å². The monoisotopic (exact) mass is 441 g/mol. The molecule has 1 aliphatic carbocycles. The molecule has 7 nitrogen and oxygen atoms in total. The van der Waals surface area contributed by atoms with Crippen LogP contribution in [0.5, 0.6) is 0 Å². The average Bonchev–Trinajstić information content (AvgIpc) is 3.15. The standard InChI is InChI=1S/C20H31N3O4S2/c24-19(20(25)22-16-8-3-1-2-4-9-16)21-13-12-17-10-5-6-14-23(17)29(26,27)18-11-7-15-28-18/h7,11,15-17H,1-6,8-10,12-14H2,(H,21,24)(H,22,25). The average molecular weight is 442 g/mol. The highest BCUT2D eigenvalue weighted by molar-refractivity contribution is 7.91. The summed E-state index contributed by atoms with van der Waals surface area (Å²) in [4.78, 5) is 24.3. The Hall–Kier alpha value is -1.45. The number of hydrogen-bond acceptors (Lipinski definition) is 5. The van der Waals surface area contributed by atoms with Crippen molar-refractivity contribution in [2.45, 2.75) is 80.5 Å². The Morgan fingerprint density at radius 2 is 1.76 bits per heavy atom. The highest BCUT2D eigenvalue weighted by Gasteiger charge is 2.34. The van der Waals surface area contributed by atoms with E-state index in [1.165, 1.54) is 24.2 Å². The van der Waals surface area contributed by atoms with Gasteiger partial charge < -0.3 is 10.6 Å². The minimum atomic E-state index is -3.50. The molecule has 29 heavy (non-hydrogen) atoms. The number of piperidine rings is 1. The fraction of sp³-hybridized carbons (Fsp3) is 0.700. The highest BCUT2D eigenvalue weighted by Crippen LogP contribution is 2.29. The van der Waals surface area contributed by atoms with E-state index in [1.807, 2.05) is 0 Å². The van der Waals surface area contributed by atoms with Crippen molar-refractivity contribution in [3.8, 4) is 0 Å². The Labute approximate surface area is 177 Å². The summed E-state index contributed by atoms with van der Waals surface area (Å²) in [7, 11) is -3.50. The maximum atomic E-state index is 12.9. The van der Waals surface area contributed by atoms with Gasteiger partial charge in [-0.1, -0.05) is 38.2 Å². The number of amides is 2. The molecule has 2 heterocycles. The van der Waals surface area contributed by atoms with Crippen LogP contribution in [-0.4, -0.2) is 49.7 Å². The lowest BCUT2D eigenvalue weighted by molar-refractivity contribution is -0.139. The molecule has 1 saturated heterocycles. The van der Waals surface area contributed by atoms with Crippen LogP contribution in [0.4, 0.5) is 0 Å². The summed E-state index contributed by atoms with van der Waals surface area (Å²) in [5.74, 6) is -1.21. The van der Waals surface area contributed by atoms with Crippen molar-refractivity contribution in [2.24, 2.45) is 0 Å². The Kier molecular flexibility index (Phi) is 8.08. The molecule has 1 unspecified atom stereocenters. The SMILES string of the molecule is O=C(NCCC1CCCCN1S(=O)(=O)c1cccs1)C(=O)NC1CCCCCC1. The van der Waals surface area contributed by atoms with Gasteiger partial charge >= 0.3 is 11.8 Å². The van der Waals surface area contributed by atoms with Crippen LogP contribution in [0.1, 0.15) is 64.2 Å². The van der Waals surface area contributed by atoms with Crippen molar-refractivity contribution in [3.05, 3.63) is 17.5 Å². The number of carbonyl (C=O) groups is 2. The summed E-state index contributed by atoms with van der Waals surface area (Å²) < 4.78 is 27.7. The molecular formula is C20H31N3O4S2. The van der Waals surface area contributed by atoms with Crippen LogP contribution in [0.25, 0.3) is 0 Å². The first-order valence-electron chi connectivity index (χ1n) is 10.6. The van der Waals surface area contributed by atoms with E-state index in [4.69, 9.17) is 0 Å². The van der Waals surface area contributed by atoms with Crippen LogP contribution in [0, 0.1) is 0 Å². The first-order valence-corrected chi connectivity index (χ1v) is 12.9. The van der Waals surface area contributed by atoms with Gasteiger partial charge in [0.05, 0.1) is 0 Å². The number of thiophene rings is 1. The maximum absolute atomic E-state index is 12.9. The van der Waals surface area contributed by atoms with Crippen LogP contribution in [-0.2, 0) is 19.6 Å². The van der Waals surface area contributed by atoms with E-state index >= 15 is 0 Å². The maximum Gasteiger partial charge on any atom is 0.309 e. The van der Waals surface area contributed by atoms with Gasteiger partial charge in [-0.2, -0.15) is 4.31 Å². The molecule has 0 radical (unpaired) electrons. The smallest absolute Gasteiger partial charge is 0.309 e. The zero-order valence-electron chi connectivity index (χ0n) is 16.8. The van der Waals surface area contributed by atoms with Gasteiger partial charge in [0.25, 0.3) is 10.0 Å². The summed E-state index contributed by atoms with van der Waals surface area (Å²) in [5.41, 5.74) is 0. The zero-order valence-corrected chi connectivity index (χ0v) is 18.4. The van der Waals surface area contributed by atoms with E-state index in [1.54, 1.807) is 21.8 Å². The number of nitrogens with zero attached hydrogens (tertiary/aromatic N) is 1. The molecule has 3 rings (SSSR count). The van der Waals surface area contributed by atoms with Crippen LogP contribution >= 0.6 is 11.3 Å². The quantitative estimate of drug-likeness (QED) is 0.524. The molecule has 162 valence electrons. The number of rotatable bonds is 6. The van der Waals surface area contributed by atoms with Crippen molar-refractivity contribution in [3.63, 3.8) is 0 Å². The van der Waals surface area contributed by atoms with Crippen LogP contribution < -0.4 is 10.6 Å². The number of sulfonamides is 1. The Bertz CT molecular complexity index is 772. The largest absolute Gasteiger partial charge is 0.348 e. The molecule has 0 bridgehead atoms. The first-order chi connectivity index (χ1) is 14.0. The number of carbonyl (C=O) groups excluding carboxylic acids is 2. The summed E-state index contributed by atoms with van der Waals surface area (Å²) in [5, 5.41) is 7.28. The fourth-order valence-corrected chi connectivity index (χ4v) is 7.06. The van der Waals surface area contributed by atoms with Gasteiger partial charge in [-0.3, -0.25) is 9.59 Å². The predicted octanol–water partition coefficient (Wildman–Crippen LogP) is 2.64. The van der Waals surface area contributed by atoms with Gasteiger partial charge in [-0.05, 0) is 43.6 Å². The summed E-state index contributed by atoms with van der Waals surface area (Å²) in [6.07, 6.45) is 9.49. The highest BCUT2D eigenvalue weighted by atomic mass is 32.2. The third-order valence-corrected chi connectivity index (χ3v) is 9.12. The zero-order chi connectivity index (χ0) is 20.7. The molecule has 1 aromatic heterocycles. The number of nitrogens with one attached hydrogen (secondary N) is 2. The summed E-state index contributed by atoms with van der Waals surface area (Å²) in [6.45, 7) is 0.791. The molecule has 0 spiro atoms. The van der Waals surface area contributed by atoms with Crippen LogP contribution in [0.2, 0.25) is 0 Å². The van der Waals surface area contributed by atoms with E-state index in [-0.39, 0.29) is 18.6 Å². The lowest BCUT2D eigenvalue weighted by Crippen LogP contribution is -2.47. The Morgan fingerprint density at radius 1 is 1.03 bits per heavy atom. The molecule has 1 aromatic rings. The second kappa shape index (κ2) is 10.5. The molecule has 2 fully saturated rings. The summed E-state index contributed by atoms with van der Waals surface area (Å²) >= 11 is 1.22. The molecule has 2 amide bonds. The molecular weight excluding hydrogens is 410 g/mol. The third-order valence-electron chi connectivity index (χ3n) is 5.79. The second-order valence-corrected chi connectivity index (χ2v) is 11.0. The van der Waals surface area contributed by atoms with Crippen LogP contribution in [0.15, 0.2) is 21.7 Å². The topological polar surface area (TPSA) is 95.6 Å². The van der Waals surface area contributed by atoms with Gasteiger partial charge in [0.1, 0.15) is 4.21 Å². The molecule has 9 heteroatoms. The lowest BCUT2D eigenvalue weighted by Gasteiger charge is -2.34.